The summed E-state index contributed by atoms with van der Waals surface area (Å²) < 4.78 is 13.2. The number of carbonyl (C=O) groups excluding carboxylic acids is 1. The summed E-state index contributed by atoms with van der Waals surface area (Å²) in [7, 11) is 0. The van der Waals surface area contributed by atoms with Gasteiger partial charge in [0.2, 0.25) is 0 Å². The molecule has 0 spiro atoms. The Hall–Kier alpha value is -2.37. The summed E-state index contributed by atoms with van der Waals surface area (Å²) in [5.41, 5.74) is 1.76. The minimum atomic E-state index is -0.492. The largest absolute Gasteiger partial charge is 0.319 e. The fourth-order valence-corrected chi connectivity index (χ4v) is 2.37. The molecule has 0 saturated heterocycles. The lowest BCUT2D eigenvalue weighted by molar-refractivity contribution is 0.102. The van der Waals surface area contributed by atoms with Crippen molar-refractivity contribution in [2.45, 2.75) is 0 Å². The molecule has 4 nitrogen and oxygen atoms in total. The van der Waals surface area contributed by atoms with Crippen LogP contribution in [0.15, 0.2) is 48.5 Å². The van der Waals surface area contributed by atoms with E-state index in [0.29, 0.717) is 10.7 Å². The van der Waals surface area contributed by atoms with Crippen LogP contribution in [0.25, 0.3) is 11.3 Å². The molecule has 0 atom stereocenters. The van der Waals surface area contributed by atoms with Crippen molar-refractivity contribution < 1.29 is 9.18 Å². The Morgan fingerprint density at radius 2 is 1.96 bits per heavy atom. The molecule has 2 aromatic carbocycles. The first kappa shape index (κ1) is 15.5. The molecule has 1 aromatic heterocycles. The van der Waals surface area contributed by atoms with Crippen molar-refractivity contribution in [1.29, 1.82) is 0 Å². The fraction of sp³-hybridized carbons (Fsp3) is 0. The van der Waals surface area contributed by atoms with E-state index in [-0.39, 0.29) is 16.4 Å². The van der Waals surface area contributed by atoms with Gasteiger partial charge in [-0.1, -0.05) is 35.3 Å². The van der Waals surface area contributed by atoms with Crippen LogP contribution in [0.3, 0.4) is 0 Å². The van der Waals surface area contributed by atoms with Crippen LogP contribution in [-0.2, 0) is 0 Å². The molecule has 0 aliphatic carbocycles. The zero-order valence-electron chi connectivity index (χ0n) is 11.6. The summed E-state index contributed by atoms with van der Waals surface area (Å²) in [6.45, 7) is 0. The lowest BCUT2D eigenvalue weighted by Gasteiger charge is -2.05. The van der Waals surface area contributed by atoms with E-state index in [1.165, 1.54) is 12.1 Å². The normalized spacial score (nSPS) is 10.6. The number of carbonyl (C=O) groups is 1. The van der Waals surface area contributed by atoms with Crippen LogP contribution in [0.4, 0.5) is 10.1 Å². The molecule has 2 N–H and O–H groups in total. The summed E-state index contributed by atoms with van der Waals surface area (Å²) in [5, 5.41) is 10.1. The number of halogens is 3. The van der Waals surface area contributed by atoms with Crippen LogP contribution in [-0.4, -0.2) is 16.1 Å². The molecule has 0 bridgehead atoms. The molecule has 116 valence electrons. The molecule has 3 aromatic rings. The quantitative estimate of drug-likeness (QED) is 0.715. The van der Waals surface area contributed by atoms with Crippen molar-refractivity contribution in [2.75, 3.05) is 5.32 Å². The van der Waals surface area contributed by atoms with Gasteiger partial charge in [0, 0.05) is 10.6 Å². The van der Waals surface area contributed by atoms with Crippen LogP contribution >= 0.6 is 23.2 Å². The Labute approximate surface area is 141 Å². The summed E-state index contributed by atoms with van der Waals surface area (Å²) in [6, 6.07) is 12.4. The average molecular weight is 350 g/mol. The number of aromatic amines is 1. The number of nitrogens with zero attached hydrogens (tertiary/aromatic N) is 1. The van der Waals surface area contributed by atoms with Crippen molar-refractivity contribution in [2.24, 2.45) is 0 Å². The third-order valence-electron chi connectivity index (χ3n) is 3.12. The van der Waals surface area contributed by atoms with Gasteiger partial charge in [0.15, 0.2) is 0 Å². The molecular formula is C16H10Cl2FN3O. The summed E-state index contributed by atoms with van der Waals surface area (Å²) in [5.74, 6) is -0.966. The molecule has 0 aliphatic heterocycles. The van der Waals surface area contributed by atoms with Crippen LogP contribution in [0.1, 0.15) is 10.5 Å². The first-order valence-corrected chi connectivity index (χ1v) is 7.36. The minimum Gasteiger partial charge on any atom is -0.319 e. The van der Waals surface area contributed by atoms with Gasteiger partial charge < -0.3 is 5.32 Å². The molecule has 0 saturated carbocycles. The highest BCUT2D eigenvalue weighted by molar-refractivity contribution is 6.33. The number of H-pyrrole nitrogens is 1. The fourth-order valence-electron chi connectivity index (χ4n) is 2.02. The van der Waals surface area contributed by atoms with Gasteiger partial charge in [-0.15, -0.1) is 0 Å². The van der Waals surface area contributed by atoms with Crippen molar-refractivity contribution in [3.8, 4) is 11.3 Å². The summed E-state index contributed by atoms with van der Waals surface area (Å²) >= 11 is 11.9. The molecule has 7 heteroatoms. The molecule has 1 amide bonds. The molecule has 0 radical (unpaired) electrons. The van der Waals surface area contributed by atoms with Gasteiger partial charge in [0.05, 0.1) is 16.4 Å². The van der Waals surface area contributed by atoms with Gasteiger partial charge >= 0.3 is 0 Å². The number of rotatable bonds is 3. The first-order valence-electron chi connectivity index (χ1n) is 6.61. The molecule has 23 heavy (non-hydrogen) atoms. The van der Waals surface area contributed by atoms with Gasteiger partial charge in [-0.2, -0.15) is 5.10 Å². The second kappa shape index (κ2) is 6.40. The summed E-state index contributed by atoms with van der Waals surface area (Å²) in [6.07, 6.45) is 0. The number of benzene rings is 2. The summed E-state index contributed by atoms with van der Waals surface area (Å²) in [4.78, 5) is 12.2. The third-order valence-corrected chi connectivity index (χ3v) is 3.68. The number of hydrogen-bond acceptors (Lipinski definition) is 2. The zero-order valence-corrected chi connectivity index (χ0v) is 13.1. The second-order valence-corrected chi connectivity index (χ2v) is 5.60. The van der Waals surface area contributed by atoms with E-state index in [2.05, 4.69) is 15.5 Å². The Morgan fingerprint density at radius 3 is 2.74 bits per heavy atom. The van der Waals surface area contributed by atoms with E-state index < -0.39 is 11.7 Å². The maximum absolute atomic E-state index is 13.2. The monoisotopic (exact) mass is 349 g/mol. The van der Waals surface area contributed by atoms with E-state index in [4.69, 9.17) is 23.2 Å². The lowest BCUT2D eigenvalue weighted by Crippen LogP contribution is -2.12. The molecule has 1 heterocycles. The molecule has 0 aliphatic rings. The zero-order chi connectivity index (χ0) is 16.4. The smallest absolute Gasteiger partial charge is 0.273 e. The van der Waals surface area contributed by atoms with E-state index >= 15 is 0 Å². The van der Waals surface area contributed by atoms with E-state index in [1.54, 1.807) is 24.3 Å². The molecule has 0 unspecified atom stereocenters. The molecule has 0 fully saturated rings. The van der Waals surface area contributed by atoms with Crippen molar-refractivity contribution in [3.05, 3.63) is 70.1 Å². The first-order chi connectivity index (χ1) is 11.0. The number of amides is 1. The number of anilines is 1. The predicted molar refractivity (Wildman–Crippen MR) is 88.4 cm³/mol. The highest BCUT2D eigenvalue weighted by Crippen LogP contribution is 2.24. The van der Waals surface area contributed by atoms with E-state index in [1.807, 2.05) is 6.07 Å². The van der Waals surface area contributed by atoms with Gasteiger partial charge in [0.25, 0.3) is 5.91 Å². The lowest BCUT2D eigenvalue weighted by atomic mass is 10.1. The van der Waals surface area contributed by atoms with Crippen LogP contribution in [0, 0.1) is 5.82 Å². The highest BCUT2D eigenvalue weighted by Gasteiger charge is 2.13. The number of aromatic nitrogens is 2. The average Bonchev–Trinajstić information content (AvgIpc) is 3.01. The van der Waals surface area contributed by atoms with Gasteiger partial charge in [0.1, 0.15) is 11.5 Å². The SMILES string of the molecule is O=C(Nc1cc(F)ccc1Cl)c1cc(-c2cccc(Cl)c2)n[nH]1. The van der Waals surface area contributed by atoms with Crippen LogP contribution < -0.4 is 5.32 Å². The number of hydrogen-bond donors (Lipinski definition) is 2. The van der Waals surface area contributed by atoms with Crippen molar-refractivity contribution in [3.63, 3.8) is 0 Å². The van der Waals surface area contributed by atoms with Crippen molar-refractivity contribution in [1.82, 2.24) is 10.2 Å². The maximum Gasteiger partial charge on any atom is 0.273 e. The van der Waals surface area contributed by atoms with E-state index in [9.17, 15) is 9.18 Å². The molecular weight excluding hydrogens is 340 g/mol. The predicted octanol–water partition coefficient (Wildman–Crippen LogP) is 4.77. The third kappa shape index (κ3) is 3.52. The minimum absolute atomic E-state index is 0.190. The van der Waals surface area contributed by atoms with Crippen LogP contribution in [0.2, 0.25) is 10.0 Å². The Balaban J connectivity index is 1.82. The van der Waals surface area contributed by atoms with Gasteiger partial charge in [-0.05, 0) is 36.4 Å². The van der Waals surface area contributed by atoms with Crippen molar-refractivity contribution >= 4 is 34.8 Å². The van der Waals surface area contributed by atoms with Gasteiger partial charge in [-0.25, -0.2) is 4.39 Å². The highest BCUT2D eigenvalue weighted by atomic mass is 35.5. The second-order valence-electron chi connectivity index (χ2n) is 4.76. The maximum atomic E-state index is 13.2. The number of nitrogens with one attached hydrogen (secondary N) is 2. The van der Waals surface area contributed by atoms with E-state index in [0.717, 1.165) is 11.6 Å². The Bertz CT molecular complexity index is 879. The standard InChI is InChI=1S/C16H10Cl2FN3O/c17-10-3-1-2-9(6-10)13-8-15(22-21-13)16(23)20-14-7-11(19)4-5-12(14)18/h1-8H,(H,20,23)(H,21,22). The topological polar surface area (TPSA) is 57.8 Å². The Kier molecular flexibility index (Phi) is 4.32. The Morgan fingerprint density at radius 1 is 1.13 bits per heavy atom. The van der Waals surface area contributed by atoms with Gasteiger partial charge in [-0.3, -0.25) is 9.89 Å². The van der Waals surface area contributed by atoms with Crippen LogP contribution in [0.5, 0.6) is 0 Å². The molecule has 3 rings (SSSR count).